The number of carbonyl (C=O) groups is 2. The van der Waals surface area contributed by atoms with E-state index in [0.29, 0.717) is 13.2 Å². The molecule has 0 N–H and O–H groups in total. The summed E-state index contributed by atoms with van der Waals surface area (Å²) in [6.07, 6.45) is 15.3. The molecule has 0 aliphatic carbocycles. The highest BCUT2D eigenvalue weighted by Gasteiger charge is 2.32. The van der Waals surface area contributed by atoms with E-state index in [1.165, 1.54) is 51.4 Å². The fraction of sp³-hybridized carbons (Fsp3) is 0.576. The zero-order chi connectivity index (χ0) is 27.7. The molecule has 1 heterocycles. The van der Waals surface area contributed by atoms with Gasteiger partial charge in [0.1, 0.15) is 6.67 Å². The van der Waals surface area contributed by atoms with Crippen molar-refractivity contribution in [2.45, 2.75) is 104 Å². The number of unbranched alkanes of at least 4 members (excludes halogenated alkanes) is 12. The Kier molecular flexibility index (Phi) is 13.7. The molecule has 1 aliphatic rings. The molecule has 0 fully saturated rings. The third-order valence-electron chi connectivity index (χ3n) is 7.35. The van der Waals surface area contributed by atoms with E-state index in [0.717, 1.165) is 61.0 Å². The highest BCUT2D eigenvalue weighted by molar-refractivity contribution is 6.03. The van der Waals surface area contributed by atoms with Crippen molar-refractivity contribution in [2.24, 2.45) is 0 Å². The number of fused-ring (bicyclic) bond motifs is 3. The normalized spacial score (nSPS) is 12.5. The van der Waals surface area contributed by atoms with Crippen molar-refractivity contribution in [2.75, 3.05) is 29.7 Å². The van der Waals surface area contributed by atoms with Crippen LogP contribution in [-0.4, -0.2) is 32.1 Å². The molecule has 1 aliphatic heterocycles. The van der Waals surface area contributed by atoms with Gasteiger partial charge < -0.3 is 9.47 Å². The van der Waals surface area contributed by atoms with Crippen LogP contribution in [0, 0.1) is 0 Å². The number of carbonyl (C=O) groups excluding carboxylic acids is 2. The van der Waals surface area contributed by atoms with Gasteiger partial charge in [-0.2, -0.15) is 0 Å². The Balaban J connectivity index is 1.63. The molecule has 6 heteroatoms. The molecule has 2 aromatic rings. The zero-order valence-electron chi connectivity index (χ0n) is 24.2. The lowest BCUT2D eigenvalue weighted by atomic mass is 10.0. The van der Waals surface area contributed by atoms with Crippen LogP contribution in [0.1, 0.15) is 104 Å². The summed E-state index contributed by atoms with van der Waals surface area (Å²) in [6, 6.07) is 15.5. The molecule has 0 atom stereocenters. The maximum Gasteiger partial charge on any atom is 0.415 e. The zero-order valence-corrected chi connectivity index (χ0v) is 24.2. The molecule has 0 saturated heterocycles. The fourth-order valence-corrected chi connectivity index (χ4v) is 5.07. The second-order valence-corrected chi connectivity index (χ2v) is 10.5. The molecule has 0 aromatic heterocycles. The van der Waals surface area contributed by atoms with E-state index in [1.807, 2.05) is 48.5 Å². The molecule has 3 rings (SSSR count). The van der Waals surface area contributed by atoms with Gasteiger partial charge in [0, 0.05) is 11.1 Å². The lowest BCUT2D eigenvalue weighted by Gasteiger charge is -2.27. The van der Waals surface area contributed by atoms with Crippen LogP contribution >= 0.6 is 0 Å². The van der Waals surface area contributed by atoms with Gasteiger partial charge in [-0.05, 0) is 25.0 Å². The number of ether oxygens (including phenoxy) is 2. The van der Waals surface area contributed by atoms with E-state index in [4.69, 9.17) is 9.47 Å². The van der Waals surface area contributed by atoms with Crippen LogP contribution in [0.25, 0.3) is 11.1 Å². The van der Waals surface area contributed by atoms with Crippen LogP contribution in [0.5, 0.6) is 0 Å². The van der Waals surface area contributed by atoms with Crippen molar-refractivity contribution in [1.82, 2.24) is 0 Å². The van der Waals surface area contributed by atoms with Gasteiger partial charge in [-0.25, -0.2) is 9.59 Å². The van der Waals surface area contributed by atoms with Gasteiger partial charge in [0.25, 0.3) is 0 Å². The highest BCUT2D eigenvalue weighted by atomic mass is 16.6. The molecule has 39 heavy (non-hydrogen) atoms. The Morgan fingerprint density at radius 3 is 1.33 bits per heavy atom. The third kappa shape index (κ3) is 9.59. The molecular formula is C33H48N2O4. The number of para-hydroxylation sites is 2. The van der Waals surface area contributed by atoms with Crippen molar-refractivity contribution in [3.8, 4) is 11.1 Å². The van der Waals surface area contributed by atoms with Crippen LogP contribution in [0.3, 0.4) is 0 Å². The number of amides is 2. The number of hydrogen-bond donors (Lipinski definition) is 0. The number of anilines is 2. The molecule has 2 aromatic carbocycles. The minimum Gasteiger partial charge on any atom is -0.449 e. The van der Waals surface area contributed by atoms with Crippen LogP contribution in [0.2, 0.25) is 0 Å². The lowest BCUT2D eigenvalue weighted by molar-refractivity contribution is 0.146. The quantitative estimate of drug-likeness (QED) is 0.200. The van der Waals surface area contributed by atoms with Crippen LogP contribution in [0.15, 0.2) is 48.5 Å². The van der Waals surface area contributed by atoms with Gasteiger partial charge in [0.15, 0.2) is 0 Å². The standard InChI is InChI=1S/C33H48N2O4/c1-3-5-7-9-11-13-19-25-38-32(36)34-27-35(33(37)39-26-20-14-12-10-8-6-4-2)31-24-18-16-22-29(31)28-21-15-17-23-30(28)34/h15-18,21-24H,3-14,19-20,25-27H2,1-2H3. The maximum absolute atomic E-state index is 13.3. The first-order valence-corrected chi connectivity index (χ1v) is 15.2. The van der Waals surface area contributed by atoms with Gasteiger partial charge >= 0.3 is 12.2 Å². The largest absolute Gasteiger partial charge is 0.449 e. The van der Waals surface area contributed by atoms with Gasteiger partial charge in [-0.3, -0.25) is 9.80 Å². The van der Waals surface area contributed by atoms with E-state index in [1.54, 1.807) is 9.80 Å². The van der Waals surface area contributed by atoms with E-state index in [2.05, 4.69) is 13.8 Å². The minimum atomic E-state index is -0.439. The second kappa shape index (κ2) is 17.5. The number of rotatable bonds is 16. The number of hydrogen-bond acceptors (Lipinski definition) is 4. The van der Waals surface area contributed by atoms with Gasteiger partial charge in [0.2, 0.25) is 0 Å². The van der Waals surface area contributed by atoms with Gasteiger partial charge in [-0.1, -0.05) is 127 Å². The smallest absolute Gasteiger partial charge is 0.415 e. The van der Waals surface area contributed by atoms with Gasteiger partial charge in [0.05, 0.1) is 24.6 Å². The highest BCUT2D eigenvalue weighted by Crippen LogP contribution is 2.40. The van der Waals surface area contributed by atoms with Crippen molar-refractivity contribution >= 4 is 23.6 Å². The lowest BCUT2D eigenvalue weighted by Crippen LogP contribution is -2.44. The number of nitrogens with zero attached hydrogens (tertiary/aromatic N) is 2. The predicted octanol–water partition coefficient (Wildman–Crippen LogP) is 9.71. The Bertz CT molecular complexity index is 929. The molecule has 0 radical (unpaired) electrons. The van der Waals surface area contributed by atoms with Crippen molar-refractivity contribution in [3.63, 3.8) is 0 Å². The van der Waals surface area contributed by atoms with Crippen LogP contribution in [-0.2, 0) is 9.47 Å². The molecule has 214 valence electrons. The third-order valence-corrected chi connectivity index (χ3v) is 7.35. The summed E-state index contributed by atoms with van der Waals surface area (Å²) in [5, 5.41) is 0. The molecule has 0 unspecified atom stereocenters. The second-order valence-electron chi connectivity index (χ2n) is 10.5. The van der Waals surface area contributed by atoms with E-state index < -0.39 is 12.2 Å². The molecule has 6 nitrogen and oxygen atoms in total. The average Bonchev–Trinajstić information content (AvgIpc) is 3.11. The summed E-state index contributed by atoms with van der Waals surface area (Å²) < 4.78 is 11.4. The Hall–Kier alpha value is -3.02. The molecular weight excluding hydrogens is 488 g/mol. The maximum atomic E-state index is 13.3. The van der Waals surface area contributed by atoms with Gasteiger partial charge in [-0.15, -0.1) is 0 Å². The molecule has 0 saturated carbocycles. The molecule has 2 amide bonds. The van der Waals surface area contributed by atoms with E-state index in [9.17, 15) is 9.59 Å². The number of benzene rings is 2. The van der Waals surface area contributed by atoms with Crippen molar-refractivity contribution in [3.05, 3.63) is 48.5 Å². The summed E-state index contributed by atoms with van der Waals surface area (Å²) in [7, 11) is 0. The van der Waals surface area contributed by atoms with E-state index >= 15 is 0 Å². The van der Waals surface area contributed by atoms with Crippen molar-refractivity contribution in [1.29, 1.82) is 0 Å². The monoisotopic (exact) mass is 536 g/mol. The average molecular weight is 537 g/mol. The topological polar surface area (TPSA) is 59.1 Å². The first-order valence-electron chi connectivity index (χ1n) is 15.2. The molecule has 0 spiro atoms. The SMILES string of the molecule is CCCCCCCCCOC(=O)N1CN(C(=O)OCCCCCCCCC)c2ccccc2-c2ccccc21. The Morgan fingerprint density at radius 2 is 0.923 bits per heavy atom. The van der Waals surface area contributed by atoms with Crippen molar-refractivity contribution < 1.29 is 19.1 Å². The first-order chi connectivity index (χ1) is 19.2. The predicted molar refractivity (Wildman–Crippen MR) is 160 cm³/mol. The van der Waals surface area contributed by atoms with E-state index in [-0.39, 0.29) is 6.67 Å². The summed E-state index contributed by atoms with van der Waals surface area (Å²) in [4.78, 5) is 29.8. The Morgan fingerprint density at radius 1 is 0.564 bits per heavy atom. The van der Waals surface area contributed by atoms with Crippen LogP contribution in [0.4, 0.5) is 21.0 Å². The summed E-state index contributed by atoms with van der Waals surface area (Å²) in [5.74, 6) is 0. The molecule has 0 bridgehead atoms. The summed E-state index contributed by atoms with van der Waals surface area (Å²) in [5.41, 5.74) is 3.25. The van der Waals surface area contributed by atoms with Crippen LogP contribution < -0.4 is 9.80 Å². The summed E-state index contributed by atoms with van der Waals surface area (Å²) in [6.45, 7) is 5.23. The Labute approximate surface area is 235 Å². The minimum absolute atomic E-state index is 0.0414. The summed E-state index contributed by atoms with van der Waals surface area (Å²) >= 11 is 0. The first kappa shape index (κ1) is 30.5. The fourth-order valence-electron chi connectivity index (χ4n) is 5.07.